The van der Waals surface area contributed by atoms with Crippen molar-refractivity contribution in [3.05, 3.63) is 0 Å². The van der Waals surface area contributed by atoms with Gasteiger partial charge in [0, 0.05) is 19.7 Å². The first kappa shape index (κ1) is 14.7. The van der Waals surface area contributed by atoms with Crippen molar-refractivity contribution in [3.63, 3.8) is 0 Å². The second kappa shape index (κ2) is 5.34. The summed E-state index contributed by atoms with van der Waals surface area (Å²) in [6, 6.07) is 0. The van der Waals surface area contributed by atoms with E-state index in [2.05, 4.69) is 17.3 Å². The van der Waals surface area contributed by atoms with Crippen LogP contribution < -0.4 is 11.1 Å². The number of carbonyl (C=O) groups is 1. The van der Waals surface area contributed by atoms with Crippen molar-refractivity contribution in [1.82, 2.24) is 10.2 Å². The van der Waals surface area contributed by atoms with Crippen LogP contribution in [0.25, 0.3) is 0 Å². The van der Waals surface area contributed by atoms with E-state index in [0.29, 0.717) is 11.6 Å². The van der Waals surface area contributed by atoms with E-state index >= 15 is 0 Å². The number of nitrogens with zero attached hydrogens (tertiary/aromatic N) is 1. The van der Waals surface area contributed by atoms with E-state index in [1.165, 1.54) is 0 Å². The first-order chi connectivity index (χ1) is 8.88. The van der Waals surface area contributed by atoms with E-state index in [0.717, 1.165) is 38.8 Å². The molecule has 0 aromatic heterocycles. The molecule has 1 amide bonds. The maximum atomic E-state index is 12.5. The summed E-state index contributed by atoms with van der Waals surface area (Å²) in [6.45, 7) is 4.26. The number of carbonyl (C=O) groups excluding carboxylic acids is 1. The van der Waals surface area contributed by atoms with Crippen LogP contribution >= 0.6 is 12.2 Å². The first-order valence-corrected chi connectivity index (χ1v) is 7.24. The van der Waals surface area contributed by atoms with E-state index in [-0.39, 0.29) is 5.91 Å². The zero-order valence-electron chi connectivity index (χ0n) is 11.7. The molecule has 2 aliphatic rings. The predicted octanol–water partition coefficient (Wildman–Crippen LogP) is 0.422. The molecule has 1 unspecified atom stereocenters. The van der Waals surface area contributed by atoms with E-state index in [1.807, 2.05) is 6.92 Å². The summed E-state index contributed by atoms with van der Waals surface area (Å²) in [5.74, 6) is -0.0812. The highest BCUT2D eigenvalue weighted by molar-refractivity contribution is 7.80. The molecule has 0 aliphatic carbocycles. The molecule has 108 valence electrons. The zero-order valence-corrected chi connectivity index (χ0v) is 12.5. The van der Waals surface area contributed by atoms with E-state index in [9.17, 15) is 4.79 Å². The van der Waals surface area contributed by atoms with Crippen molar-refractivity contribution in [1.29, 1.82) is 0 Å². The number of likely N-dealkylation sites (tertiary alicyclic amines) is 1. The Balaban J connectivity index is 2.09. The van der Waals surface area contributed by atoms with Gasteiger partial charge in [-0.1, -0.05) is 12.2 Å². The van der Waals surface area contributed by atoms with Gasteiger partial charge in [-0.3, -0.25) is 4.79 Å². The molecule has 2 heterocycles. The fourth-order valence-electron chi connectivity index (χ4n) is 2.74. The molecule has 0 spiro atoms. The maximum absolute atomic E-state index is 12.5. The summed E-state index contributed by atoms with van der Waals surface area (Å²) < 4.78 is 5.58. The fourth-order valence-corrected chi connectivity index (χ4v) is 3.00. The Morgan fingerprint density at radius 1 is 1.37 bits per heavy atom. The largest absolute Gasteiger partial charge is 0.391 e. The number of hydrogen-bond acceptors (Lipinski definition) is 4. The third-order valence-corrected chi connectivity index (χ3v) is 4.75. The number of thiocarbonyl (C=S) groups is 1. The number of hydrogen-bond donors (Lipinski definition) is 2. The molecule has 6 heteroatoms. The molecule has 5 nitrogen and oxygen atoms in total. The Bertz CT molecular complexity index is 372. The molecule has 2 aliphatic heterocycles. The molecule has 19 heavy (non-hydrogen) atoms. The number of nitrogens with one attached hydrogen (secondary N) is 1. The van der Waals surface area contributed by atoms with Gasteiger partial charge in [-0.05, 0) is 39.7 Å². The van der Waals surface area contributed by atoms with Gasteiger partial charge in [0.15, 0.2) is 0 Å². The van der Waals surface area contributed by atoms with Gasteiger partial charge in [0.25, 0.3) is 5.91 Å². The van der Waals surface area contributed by atoms with Crippen LogP contribution in [0.15, 0.2) is 0 Å². The number of rotatable bonds is 3. The average molecular weight is 285 g/mol. The fraction of sp³-hybridized carbons (Fsp3) is 0.846. The van der Waals surface area contributed by atoms with Crippen LogP contribution in [0.3, 0.4) is 0 Å². The number of ether oxygens (including phenoxy) is 1. The van der Waals surface area contributed by atoms with Crippen molar-refractivity contribution in [2.24, 2.45) is 5.73 Å². The number of piperidine rings is 1. The summed E-state index contributed by atoms with van der Waals surface area (Å²) in [5, 5.41) is 3.08. The number of amides is 1. The minimum atomic E-state index is -0.721. The van der Waals surface area contributed by atoms with Crippen molar-refractivity contribution >= 4 is 23.1 Å². The van der Waals surface area contributed by atoms with Gasteiger partial charge in [0.1, 0.15) is 5.60 Å². The molecule has 0 bridgehead atoms. The molecule has 0 radical (unpaired) electrons. The molecular formula is C13H23N3O2S. The predicted molar refractivity (Wildman–Crippen MR) is 78.0 cm³/mol. The number of nitrogens with two attached hydrogens (primary N) is 1. The SMILES string of the molecule is CN1CCC(NC(=O)C2(C)CCCO2)(C(N)=S)CC1. The van der Waals surface area contributed by atoms with Crippen LogP contribution in [0.4, 0.5) is 0 Å². The summed E-state index contributed by atoms with van der Waals surface area (Å²) in [4.78, 5) is 15.1. The second-order valence-corrected chi connectivity index (χ2v) is 6.33. The minimum absolute atomic E-state index is 0.0812. The van der Waals surface area contributed by atoms with Gasteiger partial charge in [0.2, 0.25) is 0 Å². The lowest BCUT2D eigenvalue weighted by Crippen LogP contribution is -2.64. The minimum Gasteiger partial charge on any atom is -0.391 e. The summed E-state index contributed by atoms with van der Waals surface area (Å²) in [5.41, 5.74) is 4.63. The van der Waals surface area contributed by atoms with Gasteiger partial charge >= 0.3 is 0 Å². The van der Waals surface area contributed by atoms with Crippen molar-refractivity contribution in [3.8, 4) is 0 Å². The Hall–Kier alpha value is -0.720. The second-order valence-electron chi connectivity index (χ2n) is 5.89. The lowest BCUT2D eigenvalue weighted by atomic mass is 9.86. The Morgan fingerprint density at radius 2 is 2.00 bits per heavy atom. The van der Waals surface area contributed by atoms with Crippen LogP contribution in [0, 0.1) is 0 Å². The monoisotopic (exact) mass is 285 g/mol. The third kappa shape index (κ3) is 2.90. The van der Waals surface area contributed by atoms with Crippen molar-refractivity contribution in [2.45, 2.75) is 43.7 Å². The molecule has 0 saturated carbocycles. The Kier molecular flexibility index (Phi) is 4.13. The van der Waals surface area contributed by atoms with Crippen LogP contribution in [0.1, 0.15) is 32.6 Å². The summed E-state index contributed by atoms with van der Waals surface area (Å²) >= 11 is 5.20. The van der Waals surface area contributed by atoms with Gasteiger partial charge < -0.3 is 20.7 Å². The normalized spacial score (nSPS) is 31.1. The van der Waals surface area contributed by atoms with E-state index in [4.69, 9.17) is 22.7 Å². The first-order valence-electron chi connectivity index (χ1n) is 6.83. The average Bonchev–Trinajstić information content (AvgIpc) is 2.80. The summed E-state index contributed by atoms with van der Waals surface area (Å²) in [7, 11) is 2.06. The van der Waals surface area contributed by atoms with Gasteiger partial charge in [-0.15, -0.1) is 0 Å². The van der Waals surface area contributed by atoms with Crippen LogP contribution in [0.2, 0.25) is 0 Å². The van der Waals surface area contributed by atoms with Crippen molar-refractivity contribution in [2.75, 3.05) is 26.7 Å². The van der Waals surface area contributed by atoms with Crippen LogP contribution in [0.5, 0.6) is 0 Å². The topological polar surface area (TPSA) is 67.6 Å². The van der Waals surface area contributed by atoms with E-state index in [1.54, 1.807) is 0 Å². The van der Waals surface area contributed by atoms with Crippen LogP contribution in [-0.4, -0.2) is 53.7 Å². The standard InChI is InChI=1S/C13H23N3O2S/c1-12(4-3-9-18-12)11(17)15-13(10(14)19)5-7-16(2)8-6-13/h3-9H2,1-2H3,(H2,14,19)(H,15,17). The smallest absolute Gasteiger partial charge is 0.252 e. The molecule has 0 aromatic carbocycles. The molecule has 2 fully saturated rings. The molecule has 0 aromatic rings. The summed E-state index contributed by atoms with van der Waals surface area (Å²) in [6.07, 6.45) is 3.21. The highest BCUT2D eigenvalue weighted by atomic mass is 32.1. The van der Waals surface area contributed by atoms with Gasteiger partial charge in [0.05, 0.1) is 10.5 Å². The molecule has 2 saturated heterocycles. The van der Waals surface area contributed by atoms with Crippen molar-refractivity contribution < 1.29 is 9.53 Å². The molecule has 1 atom stereocenters. The Labute approximate surface area is 119 Å². The molecular weight excluding hydrogens is 262 g/mol. The highest BCUT2D eigenvalue weighted by Gasteiger charge is 2.44. The van der Waals surface area contributed by atoms with Gasteiger partial charge in [-0.2, -0.15) is 0 Å². The lowest BCUT2D eigenvalue weighted by molar-refractivity contribution is -0.141. The molecule has 2 rings (SSSR count). The molecule has 3 N–H and O–H groups in total. The maximum Gasteiger partial charge on any atom is 0.252 e. The third-order valence-electron chi connectivity index (χ3n) is 4.36. The lowest BCUT2D eigenvalue weighted by Gasteiger charge is -2.42. The van der Waals surface area contributed by atoms with Crippen LogP contribution in [-0.2, 0) is 9.53 Å². The quantitative estimate of drug-likeness (QED) is 0.736. The highest BCUT2D eigenvalue weighted by Crippen LogP contribution is 2.28. The van der Waals surface area contributed by atoms with Gasteiger partial charge in [-0.25, -0.2) is 0 Å². The Morgan fingerprint density at radius 3 is 2.47 bits per heavy atom. The zero-order chi connectivity index (χ0) is 14.1. The van der Waals surface area contributed by atoms with E-state index < -0.39 is 11.1 Å².